The van der Waals surface area contributed by atoms with Gasteiger partial charge in [-0.15, -0.1) is 10.2 Å². The van der Waals surface area contributed by atoms with Gasteiger partial charge in [-0.1, -0.05) is 6.07 Å². The molecule has 1 aromatic carbocycles. The standard InChI is InChI=1S/C13H11ClF3N3/c1-7-2-5-9(6-10(7)13(15,16)17)20-11(8-3-4-8)18-19-12(20)14/h2,5-6,8H,3-4H2,1H3. The summed E-state index contributed by atoms with van der Waals surface area (Å²) < 4.78 is 40.4. The van der Waals surface area contributed by atoms with E-state index in [1.54, 1.807) is 6.07 Å². The second-order valence-electron chi connectivity index (χ2n) is 4.93. The van der Waals surface area contributed by atoms with E-state index in [1.807, 2.05) is 0 Å². The molecule has 0 spiro atoms. The minimum Gasteiger partial charge on any atom is -0.270 e. The Bertz CT molecular complexity index is 659. The average molecular weight is 302 g/mol. The van der Waals surface area contributed by atoms with E-state index < -0.39 is 11.7 Å². The molecule has 1 aliphatic rings. The number of aromatic nitrogens is 3. The van der Waals surface area contributed by atoms with Gasteiger partial charge >= 0.3 is 6.18 Å². The molecule has 0 unspecified atom stereocenters. The van der Waals surface area contributed by atoms with E-state index in [1.165, 1.54) is 17.6 Å². The van der Waals surface area contributed by atoms with Gasteiger partial charge in [-0.05, 0) is 49.1 Å². The minimum atomic E-state index is -4.39. The van der Waals surface area contributed by atoms with Gasteiger partial charge in [0, 0.05) is 5.92 Å². The zero-order chi connectivity index (χ0) is 14.5. The van der Waals surface area contributed by atoms with Crippen molar-refractivity contribution < 1.29 is 13.2 Å². The van der Waals surface area contributed by atoms with Gasteiger partial charge in [0.2, 0.25) is 5.28 Å². The summed E-state index contributed by atoms with van der Waals surface area (Å²) in [5.41, 5.74) is -0.139. The summed E-state index contributed by atoms with van der Waals surface area (Å²) in [4.78, 5) is 0. The molecule has 0 bridgehead atoms. The van der Waals surface area contributed by atoms with Crippen molar-refractivity contribution in [3.63, 3.8) is 0 Å². The van der Waals surface area contributed by atoms with Crippen molar-refractivity contribution in [2.75, 3.05) is 0 Å². The summed E-state index contributed by atoms with van der Waals surface area (Å²) in [6.07, 6.45) is -2.46. The maximum absolute atomic E-state index is 13.0. The number of nitrogens with zero attached hydrogens (tertiary/aromatic N) is 3. The van der Waals surface area contributed by atoms with Crippen molar-refractivity contribution in [2.24, 2.45) is 0 Å². The van der Waals surface area contributed by atoms with E-state index in [2.05, 4.69) is 10.2 Å². The lowest BCUT2D eigenvalue weighted by atomic mass is 10.1. The predicted octanol–water partition coefficient (Wildman–Crippen LogP) is 4.13. The largest absolute Gasteiger partial charge is 0.416 e. The van der Waals surface area contributed by atoms with Crippen LogP contribution in [0.2, 0.25) is 5.28 Å². The number of halogens is 4. The number of hydrogen-bond donors (Lipinski definition) is 0. The first-order valence-electron chi connectivity index (χ1n) is 6.17. The second-order valence-corrected chi connectivity index (χ2v) is 5.27. The molecule has 20 heavy (non-hydrogen) atoms. The van der Waals surface area contributed by atoms with E-state index in [0.717, 1.165) is 18.9 Å². The van der Waals surface area contributed by atoms with Gasteiger partial charge in [-0.2, -0.15) is 13.2 Å². The molecule has 1 aliphatic carbocycles. The minimum absolute atomic E-state index is 0.0869. The Labute approximate surface area is 118 Å². The molecule has 3 rings (SSSR count). The highest BCUT2D eigenvalue weighted by atomic mass is 35.5. The Kier molecular flexibility index (Phi) is 3.01. The lowest BCUT2D eigenvalue weighted by molar-refractivity contribution is -0.138. The molecule has 0 radical (unpaired) electrons. The van der Waals surface area contributed by atoms with Crippen LogP contribution in [0.1, 0.15) is 35.7 Å². The third-order valence-electron chi connectivity index (χ3n) is 3.38. The van der Waals surface area contributed by atoms with Crippen molar-refractivity contribution >= 4 is 11.6 Å². The first kappa shape index (κ1) is 13.4. The maximum atomic E-state index is 13.0. The average Bonchev–Trinajstić information content (AvgIpc) is 3.13. The van der Waals surface area contributed by atoms with Gasteiger partial charge in [0.25, 0.3) is 0 Å². The van der Waals surface area contributed by atoms with Crippen LogP contribution in [0.15, 0.2) is 18.2 Å². The molecular formula is C13H11ClF3N3. The molecule has 106 valence electrons. The van der Waals surface area contributed by atoms with Crippen LogP contribution in [0.5, 0.6) is 0 Å². The monoisotopic (exact) mass is 301 g/mol. The van der Waals surface area contributed by atoms with Crippen LogP contribution in [0.3, 0.4) is 0 Å². The van der Waals surface area contributed by atoms with E-state index in [4.69, 9.17) is 11.6 Å². The lowest BCUT2D eigenvalue weighted by Gasteiger charge is -2.13. The Morgan fingerprint density at radius 2 is 1.95 bits per heavy atom. The molecule has 0 aliphatic heterocycles. The fourth-order valence-electron chi connectivity index (χ4n) is 2.18. The quantitative estimate of drug-likeness (QED) is 0.835. The molecule has 2 aromatic rings. The van der Waals surface area contributed by atoms with Gasteiger partial charge in [-0.3, -0.25) is 4.57 Å². The molecule has 1 heterocycles. The fourth-order valence-corrected chi connectivity index (χ4v) is 2.40. The molecule has 1 saturated carbocycles. The molecule has 1 fully saturated rings. The Morgan fingerprint density at radius 3 is 2.55 bits per heavy atom. The predicted molar refractivity (Wildman–Crippen MR) is 68.1 cm³/mol. The van der Waals surface area contributed by atoms with Crippen LogP contribution in [-0.4, -0.2) is 14.8 Å². The van der Waals surface area contributed by atoms with Crippen LogP contribution in [0.4, 0.5) is 13.2 Å². The zero-order valence-corrected chi connectivity index (χ0v) is 11.3. The normalized spacial score (nSPS) is 15.7. The highest BCUT2D eigenvalue weighted by Gasteiger charge is 2.34. The summed E-state index contributed by atoms with van der Waals surface area (Å²) in [5, 5.41) is 7.82. The number of benzene rings is 1. The van der Waals surface area contributed by atoms with Crippen molar-refractivity contribution in [1.29, 1.82) is 0 Å². The number of rotatable bonds is 2. The van der Waals surface area contributed by atoms with E-state index in [0.29, 0.717) is 11.5 Å². The van der Waals surface area contributed by atoms with Crippen LogP contribution in [0.25, 0.3) is 5.69 Å². The summed E-state index contributed by atoms with van der Waals surface area (Å²) in [6.45, 7) is 1.43. The van der Waals surface area contributed by atoms with Crippen LogP contribution >= 0.6 is 11.6 Å². The molecule has 0 N–H and O–H groups in total. The van der Waals surface area contributed by atoms with Crippen LogP contribution < -0.4 is 0 Å². The van der Waals surface area contributed by atoms with Gasteiger partial charge in [0.05, 0.1) is 11.3 Å². The first-order valence-corrected chi connectivity index (χ1v) is 6.55. The third kappa shape index (κ3) is 2.28. The van der Waals surface area contributed by atoms with Crippen molar-refractivity contribution in [3.8, 4) is 5.69 Å². The van der Waals surface area contributed by atoms with Crippen molar-refractivity contribution in [3.05, 3.63) is 40.4 Å². The number of aryl methyl sites for hydroxylation is 1. The molecule has 7 heteroatoms. The number of alkyl halides is 3. The molecule has 0 saturated heterocycles. The highest BCUT2D eigenvalue weighted by molar-refractivity contribution is 6.28. The smallest absolute Gasteiger partial charge is 0.270 e. The molecule has 0 atom stereocenters. The summed E-state index contributed by atoms with van der Waals surface area (Å²) in [6, 6.07) is 4.13. The van der Waals surface area contributed by atoms with Gasteiger partial charge in [-0.25, -0.2) is 0 Å². The van der Waals surface area contributed by atoms with E-state index in [-0.39, 0.29) is 16.8 Å². The highest BCUT2D eigenvalue weighted by Crippen LogP contribution is 2.41. The molecule has 1 aromatic heterocycles. The zero-order valence-electron chi connectivity index (χ0n) is 10.6. The van der Waals surface area contributed by atoms with Crippen molar-refractivity contribution in [2.45, 2.75) is 31.9 Å². The SMILES string of the molecule is Cc1ccc(-n2c(Cl)nnc2C2CC2)cc1C(F)(F)F. The molecule has 0 amide bonds. The van der Waals surface area contributed by atoms with Gasteiger partial charge in [0.1, 0.15) is 5.82 Å². The van der Waals surface area contributed by atoms with E-state index >= 15 is 0 Å². The fraction of sp³-hybridized carbons (Fsp3) is 0.385. The third-order valence-corrected chi connectivity index (χ3v) is 3.62. The van der Waals surface area contributed by atoms with Crippen molar-refractivity contribution in [1.82, 2.24) is 14.8 Å². The summed E-state index contributed by atoms with van der Waals surface area (Å²) in [5.74, 6) is 0.873. The number of hydrogen-bond acceptors (Lipinski definition) is 2. The molecular weight excluding hydrogens is 291 g/mol. The molecule has 3 nitrogen and oxygen atoms in total. The lowest BCUT2D eigenvalue weighted by Crippen LogP contribution is -2.09. The Hall–Kier alpha value is -1.56. The van der Waals surface area contributed by atoms with Crippen LogP contribution in [-0.2, 0) is 6.18 Å². The Morgan fingerprint density at radius 1 is 1.25 bits per heavy atom. The Balaban J connectivity index is 2.13. The first-order chi connectivity index (χ1) is 9.38. The maximum Gasteiger partial charge on any atom is 0.416 e. The van der Waals surface area contributed by atoms with Crippen LogP contribution in [0, 0.1) is 6.92 Å². The summed E-state index contributed by atoms with van der Waals surface area (Å²) >= 11 is 5.97. The topological polar surface area (TPSA) is 30.7 Å². The second kappa shape index (κ2) is 4.48. The summed E-state index contributed by atoms with van der Waals surface area (Å²) in [7, 11) is 0. The van der Waals surface area contributed by atoms with Gasteiger partial charge < -0.3 is 0 Å². The van der Waals surface area contributed by atoms with E-state index in [9.17, 15) is 13.2 Å². The van der Waals surface area contributed by atoms with Gasteiger partial charge in [0.15, 0.2) is 0 Å².